The molecule has 1 saturated heterocycles. The van der Waals surface area contributed by atoms with Crippen molar-refractivity contribution in [3.63, 3.8) is 0 Å². The normalized spacial score (nSPS) is 15.5. The van der Waals surface area contributed by atoms with Gasteiger partial charge in [-0.1, -0.05) is 0 Å². The van der Waals surface area contributed by atoms with E-state index in [2.05, 4.69) is 20.6 Å². The van der Waals surface area contributed by atoms with E-state index < -0.39 is 5.82 Å². The van der Waals surface area contributed by atoms with E-state index in [0.717, 1.165) is 31.5 Å². The van der Waals surface area contributed by atoms with Crippen molar-refractivity contribution in [2.75, 3.05) is 13.1 Å². The van der Waals surface area contributed by atoms with Crippen LogP contribution in [0, 0.1) is 11.6 Å². The molecule has 0 amide bonds. The number of nitrogens with one attached hydrogen (secondary N) is 1. The van der Waals surface area contributed by atoms with Crippen LogP contribution in [0.3, 0.4) is 0 Å². The Hall–Kier alpha value is -2.93. The molecule has 0 radical (unpaired) electrons. The summed E-state index contributed by atoms with van der Waals surface area (Å²) in [5, 5.41) is 17.0. The molecule has 0 aliphatic carbocycles. The summed E-state index contributed by atoms with van der Waals surface area (Å²) < 4.78 is 30.8. The zero-order valence-corrected chi connectivity index (χ0v) is 15.4. The predicted molar refractivity (Wildman–Crippen MR) is 104 cm³/mol. The average Bonchev–Trinajstić information content (AvgIpc) is 3.09. The van der Waals surface area contributed by atoms with Gasteiger partial charge in [0, 0.05) is 29.6 Å². The monoisotopic (exact) mass is 379 g/mol. The highest BCUT2D eigenvalue weighted by Crippen LogP contribution is 2.31. The number of halogens is 2. The van der Waals surface area contributed by atoms with Crippen LogP contribution in [0.5, 0.6) is 0 Å². The van der Waals surface area contributed by atoms with E-state index in [1.165, 1.54) is 6.07 Å². The highest BCUT2D eigenvalue weighted by atomic mass is 19.1. The van der Waals surface area contributed by atoms with Gasteiger partial charge in [0.05, 0.1) is 11.2 Å². The Morgan fingerprint density at radius 3 is 2.64 bits per heavy atom. The van der Waals surface area contributed by atoms with E-state index in [0.29, 0.717) is 39.0 Å². The Balaban J connectivity index is 1.59. The third-order valence-electron chi connectivity index (χ3n) is 5.46. The molecule has 2 aromatic heterocycles. The van der Waals surface area contributed by atoms with Gasteiger partial charge >= 0.3 is 0 Å². The summed E-state index contributed by atoms with van der Waals surface area (Å²) >= 11 is 0. The summed E-state index contributed by atoms with van der Waals surface area (Å²) in [5.74, 6) is -0.412. The van der Waals surface area contributed by atoms with Crippen LogP contribution in [0.4, 0.5) is 8.78 Å². The molecular formula is C21H19F2N5. The third kappa shape index (κ3) is 2.92. The number of aryl methyl sites for hydroxylation is 1. The Morgan fingerprint density at radius 1 is 1.00 bits per heavy atom. The first-order valence-corrected chi connectivity index (χ1v) is 9.39. The number of fused-ring (bicyclic) bond motifs is 2. The first kappa shape index (κ1) is 17.2. The van der Waals surface area contributed by atoms with Crippen molar-refractivity contribution < 1.29 is 8.78 Å². The maximum Gasteiger partial charge on any atom is 0.151 e. The Morgan fingerprint density at radius 2 is 1.82 bits per heavy atom. The molecule has 0 saturated carbocycles. The van der Waals surface area contributed by atoms with Gasteiger partial charge in [0.15, 0.2) is 5.82 Å². The molecule has 28 heavy (non-hydrogen) atoms. The number of aromatic nitrogens is 4. The van der Waals surface area contributed by atoms with Crippen molar-refractivity contribution in [2.24, 2.45) is 7.05 Å². The van der Waals surface area contributed by atoms with Crippen molar-refractivity contribution in [1.82, 2.24) is 25.3 Å². The van der Waals surface area contributed by atoms with Gasteiger partial charge in [0.25, 0.3) is 0 Å². The average molecular weight is 379 g/mol. The minimum atomic E-state index is -0.434. The largest absolute Gasteiger partial charge is 0.317 e. The van der Waals surface area contributed by atoms with E-state index in [1.54, 1.807) is 36.1 Å². The molecule has 0 atom stereocenters. The standard InChI is InChI=1S/C21H19F2N5/c1-28-11-15-6-14(8-18(23)21(15)27-28)19-10-16-17(22)7-13(9-20(16)26-25-19)12-2-4-24-5-3-12/h6-12,24H,2-5H2,1H3. The number of benzene rings is 2. The molecule has 3 heterocycles. The number of piperidine rings is 1. The lowest BCUT2D eigenvalue weighted by atomic mass is 9.89. The topological polar surface area (TPSA) is 55.6 Å². The second-order valence-corrected chi connectivity index (χ2v) is 7.39. The van der Waals surface area contributed by atoms with Crippen molar-refractivity contribution in [2.45, 2.75) is 18.8 Å². The minimum absolute atomic E-state index is 0.304. The van der Waals surface area contributed by atoms with Crippen molar-refractivity contribution in [1.29, 1.82) is 0 Å². The predicted octanol–water partition coefficient (Wildman–Crippen LogP) is 3.93. The van der Waals surface area contributed by atoms with E-state index in [1.807, 2.05) is 6.07 Å². The Bertz CT molecular complexity index is 1190. The van der Waals surface area contributed by atoms with Gasteiger partial charge in [0.2, 0.25) is 0 Å². The molecule has 142 valence electrons. The van der Waals surface area contributed by atoms with Crippen LogP contribution in [0.1, 0.15) is 24.3 Å². The molecule has 1 aliphatic heterocycles. The smallest absolute Gasteiger partial charge is 0.151 e. The van der Waals surface area contributed by atoms with Gasteiger partial charge in [-0.2, -0.15) is 5.10 Å². The van der Waals surface area contributed by atoms with Crippen molar-refractivity contribution in [3.8, 4) is 11.3 Å². The Labute approximate surface area is 160 Å². The molecule has 2 aromatic carbocycles. The summed E-state index contributed by atoms with van der Waals surface area (Å²) in [6.45, 7) is 1.88. The van der Waals surface area contributed by atoms with Crippen LogP contribution >= 0.6 is 0 Å². The van der Waals surface area contributed by atoms with Crippen LogP contribution in [0.25, 0.3) is 33.1 Å². The van der Waals surface area contributed by atoms with E-state index in [9.17, 15) is 8.78 Å². The highest BCUT2D eigenvalue weighted by Gasteiger charge is 2.18. The van der Waals surface area contributed by atoms with Gasteiger partial charge < -0.3 is 5.32 Å². The van der Waals surface area contributed by atoms with E-state index in [4.69, 9.17) is 0 Å². The summed E-state index contributed by atoms with van der Waals surface area (Å²) in [6, 6.07) is 8.33. The first-order valence-electron chi connectivity index (χ1n) is 9.39. The SMILES string of the molecule is Cn1cc2cc(-c3cc4c(F)cc(C5CCNCC5)cc4nn3)cc(F)c2n1. The highest BCUT2D eigenvalue weighted by molar-refractivity contribution is 5.87. The molecule has 5 rings (SSSR count). The number of hydrogen-bond acceptors (Lipinski definition) is 4. The lowest BCUT2D eigenvalue weighted by molar-refractivity contribution is 0.459. The van der Waals surface area contributed by atoms with Gasteiger partial charge in [-0.25, -0.2) is 8.78 Å². The zero-order chi connectivity index (χ0) is 19.3. The maximum atomic E-state index is 14.9. The third-order valence-corrected chi connectivity index (χ3v) is 5.46. The Kier molecular flexibility index (Phi) is 4.05. The van der Waals surface area contributed by atoms with Crippen LogP contribution < -0.4 is 5.32 Å². The summed E-state index contributed by atoms with van der Waals surface area (Å²) in [6.07, 6.45) is 3.71. The maximum absolute atomic E-state index is 14.9. The number of hydrogen-bond donors (Lipinski definition) is 1. The molecule has 7 heteroatoms. The second-order valence-electron chi connectivity index (χ2n) is 7.39. The second kappa shape index (κ2) is 6.60. The zero-order valence-electron chi connectivity index (χ0n) is 15.4. The lowest BCUT2D eigenvalue weighted by Crippen LogP contribution is -2.26. The molecule has 1 N–H and O–H groups in total. The van der Waals surface area contributed by atoms with Gasteiger partial charge in [-0.15, -0.1) is 10.2 Å². The fourth-order valence-corrected chi connectivity index (χ4v) is 4.01. The molecule has 0 unspecified atom stereocenters. The molecule has 0 spiro atoms. The summed E-state index contributed by atoms with van der Waals surface area (Å²) in [7, 11) is 1.74. The van der Waals surface area contributed by atoms with Crippen LogP contribution in [-0.4, -0.2) is 33.1 Å². The van der Waals surface area contributed by atoms with Gasteiger partial charge in [-0.3, -0.25) is 4.68 Å². The molecular weight excluding hydrogens is 360 g/mol. The fourth-order valence-electron chi connectivity index (χ4n) is 4.01. The molecule has 1 aliphatic rings. The molecule has 5 nitrogen and oxygen atoms in total. The van der Waals surface area contributed by atoms with Crippen molar-refractivity contribution in [3.05, 3.63) is 53.7 Å². The fraction of sp³-hybridized carbons (Fsp3) is 0.286. The first-order chi connectivity index (χ1) is 13.6. The van der Waals surface area contributed by atoms with Crippen LogP contribution in [0.2, 0.25) is 0 Å². The van der Waals surface area contributed by atoms with E-state index in [-0.39, 0.29) is 5.82 Å². The lowest BCUT2D eigenvalue weighted by Gasteiger charge is -2.23. The summed E-state index contributed by atoms with van der Waals surface area (Å²) in [4.78, 5) is 0. The molecule has 4 aromatic rings. The van der Waals surface area contributed by atoms with E-state index >= 15 is 0 Å². The number of rotatable bonds is 2. The number of nitrogens with zero attached hydrogens (tertiary/aromatic N) is 4. The summed E-state index contributed by atoms with van der Waals surface area (Å²) in [5.41, 5.74) is 2.79. The minimum Gasteiger partial charge on any atom is -0.317 e. The molecule has 1 fully saturated rings. The van der Waals surface area contributed by atoms with Crippen LogP contribution in [0.15, 0.2) is 36.5 Å². The quantitative estimate of drug-likeness (QED) is 0.573. The van der Waals surface area contributed by atoms with Crippen LogP contribution in [-0.2, 0) is 7.05 Å². The van der Waals surface area contributed by atoms with Crippen molar-refractivity contribution >= 4 is 21.8 Å². The van der Waals surface area contributed by atoms with Gasteiger partial charge in [0.1, 0.15) is 11.3 Å². The molecule has 0 bridgehead atoms. The van der Waals surface area contributed by atoms with Gasteiger partial charge in [-0.05, 0) is 67.7 Å².